The summed E-state index contributed by atoms with van der Waals surface area (Å²) in [6, 6.07) is 6.45. The van der Waals surface area contributed by atoms with Crippen LogP contribution in [-0.4, -0.2) is 0 Å². The number of benzene rings is 1. The first-order chi connectivity index (χ1) is 6.35. The molecule has 14 heavy (non-hydrogen) atoms. The molecule has 1 atom stereocenters. The maximum atomic E-state index is 6.36. The first-order valence-corrected chi connectivity index (χ1v) is 5.71. The molecule has 0 aliphatic heterocycles. The Morgan fingerprint density at radius 1 is 1.29 bits per heavy atom. The van der Waals surface area contributed by atoms with Crippen molar-refractivity contribution in [2.24, 2.45) is 11.1 Å². The molecular weight excluding hydrogens is 238 g/mol. The van der Waals surface area contributed by atoms with Gasteiger partial charge < -0.3 is 5.73 Å². The molecule has 1 fully saturated rings. The largest absolute Gasteiger partial charge is 0.321 e. The van der Waals surface area contributed by atoms with Gasteiger partial charge in [0.05, 0.1) is 0 Å². The Labute approximate surface area is 93.8 Å². The second-order valence-corrected chi connectivity index (χ2v) is 5.96. The Morgan fingerprint density at radius 3 is 2.29 bits per heavy atom. The summed E-state index contributed by atoms with van der Waals surface area (Å²) in [7, 11) is 0. The Kier molecular flexibility index (Phi) is 2.06. The fraction of sp³-hybridized carbons (Fsp3) is 0.500. The van der Waals surface area contributed by atoms with Gasteiger partial charge in [-0.2, -0.15) is 0 Å². The standard InChI is InChI=1S/C12H16BrN/c1-8-4-9(6-10(13)5-8)12(14)7-11(12,2)3/h4-6H,7,14H2,1-3H3. The summed E-state index contributed by atoms with van der Waals surface area (Å²) in [5.41, 5.74) is 9.03. The van der Waals surface area contributed by atoms with E-state index in [2.05, 4.69) is 54.9 Å². The van der Waals surface area contributed by atoms with E-state index in [1.807, 2.05) is 0 Å². The molecule has 0 aromatic heterocycles. The molecule has 0 heterocycles. The van der Waals surface area contributed by atoms with Crippen LogP contribution in [0.1, 0.15) is 31.4 Å². The first kappa shape index (κ1) is 10.2. The minimum atomic E-state index is -0.110. The monoisotopic (exact) mass is 253 g/mol. The van der Waals surface area contributed by atoms with Crippen molar-refractivity contribution in [2.75, 3.05) is 0 Å². The van der Waals surface area contributed by atoms with Crippen molar-refractivity contribution in [2.45, 2.75) is 32.7 Å². The van der Waals surface area contributed by atoms with Crippen molar-refractivity contribution in [3.05, 3.63) is 33.8 Å². The van der Waals surface area contributed by atoms with Gasteiger partial charge in [0.15, 0.2) is 0 Å². The van der Waals surface area contributed by atoms with E-state index in [1.165, 1.54) is 11.1 Å². The van der Waals surface area contributed by atoms with E-state index in [-0.39, 0.29) is 11.0 Å². The summed E-state index contributed by atoms with van der Waals surface area (Å²) < 4.78 is 1.13. The van der Waals surface area contributed by atoms with Gasteiger partial charge >= 0.3 is 0 Å². The van der Waals surface area contributed by atoms with E-state index in [0.717, 1.165) is 10.9 Å². The third kappa shape index (κ3) is 1.41. The van der Waals surface area contributed by atoms with E-state index in [0.29, 0.717) is 0 Å². The fourth-order valence-electron chi connectivity index (χ4n) is 2.14. The van der Waals surface area contributed by atoms with Crippen LogP contribution in [0.25, 0.3) is 0 Å². The molecular formula is C12H16BrN. The van der Waals surface area contributed by atoms with Gasteiger partial charge in [0, 0.05) is 10.0 Å². The van der Waals surface area contributed by atoms with Crippen LogP contribution < -0.4 is 5.73 Å². The SMILES string of the molecule is Cc1cc(Br)cc(C2(N)CC2(C)C)c1. The van der Waals surface area contributed by atoms with E-state index in [4.69, 9.17) is 5.73 Å². The molecule has 76 valence electrons. The van der Waals surface area contributed by atoms with E-state index in [1.54, 1.807) is 0 Å². The number of aryl methyl sites for hydroxylation is 1. The minimum absolute atomic E-state index is 0.110. The molecule has 1 nitrogen and oxygen atoms in total. The average molecular weight is 254 g/mol. The maximum Gasteiger partial charge on any atom is 0.0468 e. The van der Waals surface area contributed by atoms with E-state index >= 15 is 0 Å². The van der Waals surface area contributed by atoms with Crippen LogP contribution in [0.2, 0.25) is 0 Å². The fourth-order valence-corrected chi connectivity index (χ4v) is 2.75. The lowest BCUT2D eigenvalue weighted by Gasteiger charge is -2.16. The zero-order valence-corrected chi connectivity index (χ0v) is 10.5. The second kappa shape index (κ2) is 2.83. The molecule has 1 saturated carbocycles. The van der Waals surface area contributed by atoms with Crippen LogP contribution in [0, 0.1) is 12.3 Å². The predicted molar refractivity (Wildman–Crippen MR) is 63.1 cm³/mol. The normalized spacial score (nSPS) is 28.9. The van der Waals surface area contributed by atoms with Crippen LogP contribution >= 0.6 is 15.9 Å². The van der Waals surface area contributed by atoms with Crippen LogP contribution in [-0.2, 0) is 5.54 Å². The molecule has 0 amide bonds. The minimum Gasteiger partial charge on any atom is -0.321 e. The summed E-state index contributed by atoms with van der Waals surface area (Å²) in [6.07, 6.45) is 1.08. The molecule has 2 heteroatoms. The van der Waals surface area contributed by atoms with Gasteiger partial charge in [0.1, 0.15) is 0 Å². The Morgan fingerprint density at radius 2 is 1.86 bits per heavy atom. The number of halogens is 1. The van der Waals surface area contributed by atoms with Crippen molar-refractivity contribution in [1.29, 1.82) is 0 Å². The number of nitrogens with two attached hydrogens (primary N) is 1. The molecule has 0 spiro atoms. The lowest BCUT2D eigenvalue weighted by atomic mass is 9.96. The molecule has 1 aliphatic carbocycles. The average Bonchev–Trinajstić information content (AvgIpc) is 2.50. The summed E-state index contributed by atoms with van der Waals surface area (Å²) >= 11 is 3.52. The Bertz CT molecular complexity index is 364. The number of hydrogen-bond donors (Lipinski definition) is 1. The van der Waals surface area contributed by atoms with E-state index in [9.17, 15) is 0 Å². The molecule has 0 saturated heterocycles. The summed E-state index contributed by atoms with van der Waals surface area (Å²) in [5.74, 6) is 0. The zero-order valence-electron chi connectivity index (χ0n) is 8.89. The Hall–Kier alpha value is -0.340. The molecule has 1 aliphatic rings. The summed E-state index contributed by atoms with van der Waals surface area (Å²) in [6.45, 7) is 6.56. The highest BCUT2D eigenvalue weighted by molar-refractivity contribution is 9.10. The smallest absolute Gasteiger partial charge is 0.0468 e. The Balaban J connectivity index is 2.44. The lowest BCUT2D eigenvalue weighted by Crippen LogP contribution is -2.25. The maximum absolute atomic E-state index is 6.36. The van der Waals surface area contributed by atoms with Crippen molar-refractivity contribution >= 4 is 15.9 Å². The summed E-state index contributed by atoms with van der Waals surface area (Å²) in [4.78, 5) is 0. The third-order valence-electron chi connectivity index (χ3n) is 3.36. The van der Waals surface area contributed by atoms with Crippen molar-refractivity contribution in [3.63, 3.8) is 0 Å². The van der Waals surface area contributed by atoms with E-state index < -0.39 is 0 Å². The number of hydrogen-bond acceptors (Lipinski definition) is 1. The molecule has 1 unspecified atom stereocenters. The molecule has 0 radical (unpaired) electrons. The molecule has 1 aromatic rings. The van der Waals surface area contributed by atoms with Gasteiger partial charge in [-0.25, -0.2) is 0 Å². The van der Waals surface area contributed by atoms with Gasteiger partial charge in [0.25, 0.3) is 0 Å². The van der Waals surface area contributed by atoms with Gasteiger partial charge in [-0.15, -0.1) is 0 Å². The molecule has 1 aromatic carbocycles. The van der Waals surface area contributed by atoms with Crippen LogP contribution in [0.15, 0.2) is 22.7 Å². The highest BCUT2D eigenvalue weighted by Gasteiger charge is 2.59. The predicted octanol–water partition coefficient (Wildman–Crippen LogP) is 3.34. The molecule has 0 bridgehead atoms. The van der Waals surface area contributed by atoms with Crippen molar-refractivity contribution < 1.29 is 0 Å². The second-order valence-electron chi connectivity index (χ2n) is 5.05. The topological polar surface area (TPSA) is 26.0 Å². The quantitative estimate of drug-likeness (QED) is 0.817. The molecule has 2 rings (SSSR count). The van der Waals surface area contributed by atoms with Gasteiger partial charge in [-0.1, -0.05) is 35.8 Å². The first-order valence-electron chi connectivity index (χ1n) is 4.92. The van der Waals surface area contributed by atoms with Gasteiger partial charge in [-0.05, 0) is 42.0 Å². The number of rotatable bonds is 1. The van der Waals surface area contributed by atoms with Crippen LogP contribution in [0.5, 0.6) is 0 Å². The van der Waals surface area contributed by atoms with Gasteiger partial charge in [0.2, 0.25) is 0 Å². The van der Waals surface area contributed by atoms with Gasteiger partial charge in [-0.3, -0.25) is 0 Å². The highest BCUT2D eigenvalue weighted by atomic mass is 79.9. The molecule has 2 N–H and O–H groups in total. The third-order valence-corrected chi connectivity index (χ3v) is 3.82. The van der Waals surface area contributed by atoms with Crippen LogP contribution in [0.4, 0.5) is 0 Å². The van der Waals surface area contributed by atoms with Crippen molar-refractivity contribution in [3.8, 4) is 0 Å². The highest BCUT2D eigenvalue weighted by Crippen LogP contribution is 2.60. The van der Waals surface area contributed by atoms with Crippen LogP contribution in [0.3, 0.4) is 0 Å². The zero-order chi connectivity index (χ0) is 10.6. The van der Waals surface area contributed by atoms with Crippen molar-refractivity contribution in [1.82, 2.24) is 0 Å². The lowest BCUT2D eigenvalue weighted by molar-refractivity contribution is 0.509. The summed E-state index contributed by atoms with van der Waals surface area (Å²) in [5, 5.41) is 0.